The van der Waals surface area contributed by atoms with Gasteiger partial charge in [-0.2, -0.15) is 0 Å². The van der Waals surface area contributed by atoms with E-state index in [9.17, 15) is 14.4 Å². The average molecular weight is 301 g/mol. The van der Waals surface area contributed by atoms with Crippen molar-refractivity contribution in [3.8, 4) is 0 Å². The van der Waals surface area contributed by atoms with Crippen molar-refractivity contribution in [1.29, 1.82) is 0 Å². The Morgan fingerprint density at radius 3 is 2.19 bits per heavy atom. The summed E-state index contributed by atoms with van der Waals surface area (Å²) in [6.45, 7) is 9.04. The monoisotopic (exact) mass is 301 g/mol. The summed E-state index contributed by atoms with van der Waals surface area (Å²) in [5.74, 6) is -0.676. The van der Waals surface area contributed by atoms with Crippen molar-refractivity contribution in [2.24, 2.45) is 5.92 Å². The summed E-state index contributed by atoms with van der Waals surface area (Å²) in [6, 6.07) is 0. The van der Waals surface area contributed by atoms with E-state index in [-0.39, 0.29) is 12.5 Å². The molecule has 120 valence electrons. The van der Waals surface area contributed by atoms with Crippen LogP contribution in [0.4, 0.5) is 9.59 Å². The minimum Gasteiger partial charge on any atom is -0.444 e. The first-order valence-electron chi connectivity index (χ1n) is 6.94. The van der Waals surface area contributed by atoms with Crippen LogP contribution in [0.2, 0.25) is 0 Å². The fourth-order valence-corrected chi connectivity index (χ4v) is 1.44. The lowest BCUT2D eigenvalue weighted by molar-refractivity contribution is -0.143. The zero-order valence-corrected chi connectivity index (χ0v) is 13.1. The van der Waals surface area contributed by atoms with Crippen LogP contribution >= 0.6 is 0 Å². The molecule has 1 fully saturated rings. The molecule has 0 unspecified atom stereocenters. The van der Waals surface area contributed by atoms with Gasteiger partial charge in [0.15, 0.2) is 0 Å². The first-order chi connectivity index (χ1) is 9.54. The highest BCUT2D eigenvalue weighted by Gasteiger charge is 2.54. The second kappa shape index (κ2) is 6.32. The van der Waals surface area contributed by atoms with E-state index < -0.39 is 29.4 Å². The number of rotatable bonds is 4. The van der Waals surface area contributed by atoms with Gasteiger partial charge in [-0.05, 0) is 39.5 Å². The zero-order chi connectivity index (χ0) is 16.3. The third-order valence-electron chi connectivity index (χ3n) is 2.59. The van der Waals surface area contributed by atoms with Gasteiger partial charge in [0.2, 0.25) is 0 Å². The summed E-state index contributed by atoms with van der Waals surface area (Å²) in [4.78, 5) is 34.9. The van der Waals surface area contributed by atoms with E-state index in [1.165, 1.54) is 0 Å². The Hall–Kier alpha value is -1.79. The Morgan fingerprint density at radius 2 is 1.76 bits per heavy atom. The van der Waals surface area contributed by atoms with Gasteiger partial charge in [0.1, 0.15) is 11.1 Å². The van der Waals surface area contributed by atoms with Gasteiger partial charge < -0.3 is 19.5 Å². The summed E-state index contributed by atoms with van der Waals surface area (Å²) >= 11 is 0. The minimum atomic E-state index is -1.17. The number of esters is 1. The van der Waals surface area contributed by atoms with Crippen LogP contribution in [-0.4, -0.2) is 36.0 Å². The molecule has 1 amide bonds. The predicted octanol–water partition coefficient (Wildman–Crippen LogP) is 2.38. The number of alkyl carbamates (subject to hydrolysis) is 1. The Labute approximate surface area is 124 Å². The number of nitrogens with one attached hydrogen (secondary N) is 1. The fraction of sp³-hybridized carbons (Fsp3) is 0.786. The van der Waals surface area contributed by atoms with Gasteiger partial charge in [0.25, 0.3) is 0 Å². The normalized spacial score (nSPS) is 16.1. The summed E-state index contributed by atoms with van der Waals surface area (Å²) < 4.78 is 14.4. The quantitative estimate of drug-likeness (QED) is 0.633. The lowest BCUT2D eigenvalue weighted by atomic mass is 10.2. The minimum absolute atomic E-state index is 0.141. The maximum absolute atomic E-state index is 11.9. The molecule has 0 saturated heterocycles. The summed E-state index contributed by atoms with van der Waals surface area (Å²) in [7, 11) is 0. The molecule has 0 bridgehead atoms. The first-order valence-corrected chi connectivity index (χ1v) is 6.94. The molecule has 0 heterocycles. The van der Waals surface area contributed by atoms with Gasteiger partial charge in [0, 0.05) is 0 Å². The highest BCUT2D eigenvalue weighted by Crippen LogP contribution is 2.37. The van der Waals surface area contributed by atoms with Gasteiger partial charge in [-0.3, -0.25) is 0 Å². The molecule has 1 rings (SSSR count). The van der Waals surface area contributed by atoms with Crippen LogP contribution in [0, 0.1) is 5.92 Å². The zero-order valence-electron chi connectivity index (χ0n) is 13.1. The summed E-state index contributed by atoms with van der Waals surface area (Å²) in [5.41, 5.74) is -1.83. The molecule has 0 atom stereocenters. The van der Waals surface area contributed by atoms with Crippen molar-refractivity contribution in [2.75, 3.05) is 6.61 Å². The average Bonchev–Trinajstić information content (AvgIpc) is 3.04. The molecular formula is C14H23NO6. The number of carbonyl (C=O) groups excluding carboxylic acids is 3. The van der Waals surface area contributed by atoms with Crippen molar-refractivity contribution in [3.05, 3.63) is 0 Å². The number of amides is 1. The van der Waals surface area contributed by atoms with Crippen molar-refractivity contribution < 1.29 is 28.6 Å². The fourth-order valence-electron chi connectivity index (χ4n) is 1.44. The Bertz CT molecular complexity index is 420. The molecule has 1 aliphatic rings. The lowest BCUT2D eigenvalue weighted by Gasteiger charge is -2.22. The van der Waals surface area contributed by atoms with Crippen molar-refractivity contribution in [1.82, 2.24) is 5.32 Å². The third kappa shape index (κ3) is 6.01. The van der Waals surface area contributed by atoms with Crippen LogP contribution in [0.5, 0.6) is 0 Å². The second-order valence-corrected chi connectivity index (χ2v) is 6.55. The van der Waals surface area contributed by atoms with Crippen molar-refractivity contribution in [2.45, 2.75) is 58.6 Å². The number of ether oxygens (including phenoxy) is 3. The van der Waals surface area contributed by atoms with E-state index in [1.54, 1.807) is 20.8 Å². The molecule has 7 heteroatoms. The topological polar surface area (TPSA) is 90.9 Å². The number of hydrogen-bond donors (Lipinski definition) is 1. The highest BCUT2D eigenvalue weighted by molar-refractivity contribution is 5.94. The van der Waals surface area contributed by atoms with Gasteiger partial charge in [-0.15, -0.1) is 0 Å². The van der Waals surface area contributed by atoms with E-state index in [1.807, 2.05) is 13.8 Å². The molecule has 0 aromatic heterocycles. The van der Waals surface area contributed by atoms with E-state index in [4.69, 9.17) is 9.47 Å². The van der Waals surface area contributed by atoms with Crippen molar-refractivity contribution >= 4 is 18.2 Å². The standard InChI is InChI=1S/C14H23NO6/c1-9(2)8-19-12(18)20-10(16)14(6-7-14)15-11(17)21-13(3,4)5/h9H,6-8H2,1-5H3,(H,15,17). The molecule has 1 saturated carbocycles. The Balaban J connectivity index is 2.46. The molecule has 0 aromatic rings. The lowest BCUT2D eigenvalue weighted by Crippen LogP contribution is -2.46. The van der Waals surface area contributed by atoms with Gasteiger partial charge in [-0.1, -0.05) is 13.8 Å². The first kappa shape index (κ1) is 17.3. The van der Waals surface area contributed by atoms with E-state index in [0.717, 1.165) is 0 Å². The van der Waals surface area contributed by atoms with Gasteiger partial charge in [-0.25, -0.2) is 14.4 Å². The molecular weight excluding hydrogens is 278 g/mol. The molecule has 1 N–H and O–H groups in total. The predicted molar refractivity (Wildman–Crippen MR) is 73.6 cm³/mol. The molecule has 1 aliphatic carbocycles. The maximum Gasteiger partial charge on any atom is 0.516 e. The molecule has 7 nitrogen and oxygen atoms in total. The molecule has 0 spiro atoms. The molecule has 0 aromatic carbocycles. The van der Waals surface area contributed by atoms with E-state index in [2.05, 4.69) is 10.1 Å². The summed E-state index contributed by atoms with van der Waals surface area (Å²) in [5, 5.41) is 2.45. The van der Waals surface area contributed by atoms with Gasteiger partial charge in [0.05, 0.1) is 6.61 Å². The van der Waals surface area contributed by atoms with Crippen molar-refractivity contribution in [3.63, 3.8) is 0 Å². The highest BCUT2D eigenvalue weighted by atomic mass is 16.7. The Kier molecular flexibility index (Phi) is 5.20. The summed E-state index contributed by atoms with van der Waals surface area (Å²) in [6.07, 6.45) is -0.955. The van der Waals surface area contributed by atoms with Crippen LogP contribution < -0.4 is 5.32 Å². The third-order valence-corrected chi connectivity index (χ3v) is 2.59. The molecule has 0 radical (unpaired) electrons. The Morgan fingerprint density at radius 1 is 1.19 bits per heavy atom. The van der Waals surface area contributed by atoms with Crippen LogP contribution in [0.15, 0.2) is 0 Å². The van der Waals surface area contributed by atoms with Crippen LogP contribution in [0.25, 0.3) is 0 Å². The number of hydrogen-bond acceptors (Lipinski definition) is 6. The van der Waals surface area contributed by atoms with E-state index >= 15 is 0 Å². The van der Waals surface area contributed by atoms with Crippen LogP contribution in [0.1, 0.15) is 47.5 Å². The van der Waals surface area contributed by atoms with Crippen LogP contribution in [0.3, 0.4) is 0 Å². The number of carbonyl (C=O) groups is 3. The smallest absolute Gasteiger partial charge is 0.444 e. The van der Waals surface area contributed by atoms with E-state index in [0.29, 0.717) is 12.8 Å². The second-order valence-electron chi connectivity index (χ2n) is 6.55. The maximum atomic E-state index is 11.9. The molecule has 0 aliphatic heterocycles. The van der Waals surface area contributed by atoms with Gasteiger partial charge >= 0.3 is 18.2 Å². The van der Waals surface area contributed by atoms with Crippen LogP contribution in [-0.2, 0) is 19.0 Å². The molecule has 21 heavy (non-hydrogen) atoms. The largest absolute Gasteiger partial charge is 0.516 e. The SMILES string of the molecule is CC(C)COC(=O)OC(=O)C1(NC(=O)OC(C)(C)C)CC1.